The molecule has 0 saturated carbocycles. The molecule has 6 nitrogen and oxygen atoms in total. The lowest BCUT2D eigenvalue weighted by Crippen LogP contribution is -2.34. The Balaban J connectivity index is 1.71. The monoisotopic (exact) mass is 508 g/mol. The lowest BCUT2D eigenvalue weighted by atomic mass is 10.1. The number of nitrogens with one attached hydrogen (secondary N) is 2. The number of halogens is 1. The van der Waals surface area contributed by atoms with Crippen molar-refractivity contribution in [3.05, 3.63) is 69.5 Å². The summed E-state index contributed by atoms with van der Waals surface area (Å²) in [6.07, 6.45) is 0. The van der Waals surface area contributed by atoms with Gasteiger partial charge in [0.05, 0.1) is 12.7 Å². The van der Waals surface area contributed by atoms with E-state index in [4.69, 9.17) is 26.5 Å². The van der Waals surface area contributed by atoms with Crippen LogP contribution in [-0.4, -0.2) is 23.2 Å². The molecule has 0 saturated heterocycles. The van der Waals surface area contributed by atoms with E-state index in [1.165, 1.54) is 0 Å². The first kappa shape index (κ1) is 20.3. The number of rotatable bonds is 5. The summed E-state index contributed by atoms with van der Waals surface area (Å²) >= 11 is 7.38. The summed E-state index contributed by atoms with van der Waals surface area (Å²) in [4.78, 5) is 12.3. The lowest BCUT2D eigenvalue weighted by molar-refractivity contribution is 0.0977. The molecule has 144 valence electrons. The van der Waals surface area contributed by atoms with Gasteiger partial charge in [0.2, 0.25) is 0 Å². The molecule has 0 atom stereocenters. The van der Waals surface area contributed by atoms with Crippen LogP contribution in [-0.2, 0) is 6.61 Å². The number of carbonyl (C=O) groups excluding carboxylic acids is 1. The van der Waals surface area contributed by atoms with E-state index >= 15 is 0 Å². The largest absolute Gasteiger partial charge is 0.496 e. The Bertz CT molecular complexity index is 1020. The molecule has 0 aliphatic rings. The number of methoxy groups -OCH3 is 1. The Morgan fingerprint density at radius 1 is 1.21 bits per heavy atom. The fraction of sp³-hybridized carbons (Fsp3) is 0.100. The summed E-state index contributed by atoms with van der Waals surface area (Å²) in [5.41, 5.74) is 1.92. The molecule has 0 fully saturated rings. The van der Waals surface area contributed by atoms with Crippen LogP contribution >= 0.6 is 34.8 Å². The third-order valence-electron chi connectivity index (χ3n) is 3.86. The number of aliphatic hydroxyl groups excluding tert-OH is 1. The zero-order valence-electron chi connectivity index (χ0n) is 14.9. The summed E-state index contributed by atoms with van der Waals surface area (Å²) in [5, 5.41) is 15.0. The van der Waals surface area contributed by atoms with Crippen molar-refractivity contribution in [2.24, 2.45) is 0 Å². The summed E-state index contributed by atoms with van der Waals surface area (Å²) in [6, 6.07) is 16.0. The molecule has 0 aliphatic heterocycles. The van der Waals surface area contributed by atoms with Crippen molar-refractivity contribution in [1.82, 2.24) is 5.32 Å². The van der Waals surface area contributed by atoms with E-state index in [0.29, 0.717) is 28.5 Å². The van der Waals surface area contributed by atoms with Gasteiger partial charge >= 0.3 is 0 Å². The highest BCUT2D eigenvalue weighted by Gasteiger charge is 2.13. The van der Waals surface area contributed by atoms with E-state index in [9.17, 15) is 4.79 Å². The summed E-state index contributed by atoms with van der Waals surface area (Å²) in [5.74, 6) is 1.34. The molecule has 8 heteroatoms. The molecule has 3 aromatic rings. The molecular weight excluding hydrogens is 491 g/mol. The maximum absolute atomic E-state index is 12.3. The van der Waals surface area contributed by atoms with Crippen molar-refractivity contribution in [2.75, 3.05) is 12.4 Å². The first-order chi connectivity index (χ1) is 13.5. The van der Waals surface area contributed by atoms with Crippen LogP contribution in [0, 0.1) is 3.57 Å². The van der Waals surface area contributed by atoms with Gasteiger partial charge < -0.3 is 19.6 Å². The van der Waals surface area contributed by atoms with Gasteiger partial charge in [0, 0.05) is 20.9 Å². The van der Waals surface area contributed by atoms with Crippen molar-refractivity contribution in [2.45, 2.75) is 6.61 Å². The second-order valence-electron chi connectivity index (χ2n) is 5.76. The number of anilines is 1. The summed E-state index contributed by atoms with van der Waals surface area (Å²) in [6.45, 7) is -0.170. The number of amides is 1. The Labute approximate surface area is 181 Å². The number of thiocarbonyl (C=S) groups is 1. The molecular formula is C20H17IN2O4S. The lowest BCUT2D eigenvalue weighted by Gasteiger charge is -2.12. The third-order valence-corrected chi connectivity index (χ3v) is 4.73. The highest BCUT2D eigenvalue weighted by molar-refractivity contribution is 14.1. The van der Waals surface area contributed by atoms with Crippen molar-refractivity contribution in [3.8, 4) is 17.1 Å². The predicted molar refractivity (Wildman–Crippen MR) is 119 cm³/mol. The maximum atomic E-state index is 12.3. The van der Waals surface area contributed by atoms with Crippen molar-refractivity contribution < 1.29 is 19.1 Å². The zero-order valence-corrected chi connectivity index (χ0v) is 17.8. The standard InChI is InChI=1S/C20H17IN2O4S/c1-26-18-10-14(5-7-16(18)17-8-6-15(11-24)27-17)22-20(28)23-19(25)12-3-2-4-13(21)9-12/h2-10,24H,11H2,1H3,(H2,22,23,25,28). The Hall–Kier alpha value is -2.43. The second kappa shape index (κ2) is 9.18. The smallest absolute Gasteiger partial charge is 0.257 e. The SMILES string of the molecule is COc1cc(NC(=S)NC(=O)c2cccc(I)c2)ccc1-c1ccc(CO)o1. The van der Waals surface area contributed by atoms with E-state index in [-0.39, 0.29) is 17.6 Å². The number of hydrogen-bond acceptors (Lipinski definition) is 5. The average molecular weight is 508 g/mol. The highest BCUT2D eigenvalue weighted by Crippen LogP contribution is 2.33. The molecule has 0 unspecified atom stereocenters. The van der Waals surface area contributed by atoms with E-state index in [0.717, 1.165) is 9.13 Å². The van der Waals surface area contributed by atoms with Crippen LogP contribution < -0.4 is 15.4 Å². The molecule has 1 aromatic heterocycles. The number of aliphatic hydroxyl groups is 1. The molecule has 0 spiro atoms. The maximum Gasteiger partial charge on any atom is 0.257 e. The van der Waals surface area contributed by atoms with Crippen LogP contribution in [0.5, 0.6) is 5.75 Å². The minimum Gasteiger partial charge on any atom is -0.496 e. The zero-order chi connectivity index (χ0) is 20.1. The van der Waals surface area contributed by atoms with E-state index in [1.807, 2.05) is 18.2 Å². The normalized spacial score (nSPS) is 10.4. The van der Waals surface area contributed by atoms with Crippen LogP contribution in [0.2, 0.25) is 0 Å². The molecule has 0 radical (unpaired) electrons. The number of ether oxygens (including phenoxy) is 1. The van der Waals surface area contributed by atoms with Crippen LogP contribution in [0.25, 0.3) is 11.3 Å². The van der Waals surface area contributed by atoms with Gasteiger partial charge in [-0.2, -0.15) is 0 Å². The molecule has 3 rings (SSSR count). The van der Waals surface area contributed by atoms with Gasteiger partial charge in [-0.15, -0.1) is 0 Å². The molecule has 28 heavy (non-hydrogen) atoms. The van der Waals surface area contributed by atoms with Gasteiger partial charge in [0.25, 0.3) is 5.91 Å². The van der Waals surface area contributed by atoms with Crippen molar-refractivity contribution in [3.63, 3.8) is 0 Å². The van der Waals surface area contributed by atoms with Crippen LogP contribution in [0.15, 0.2) is 59.0 Å². The Morgan fingerprint density at radius 3 is 2.71 bits per heavy atom. The van der Waals surface area contributed by atoms with Crippen LogP contribution in [0.3, 0.4) is 0 Å². The van der Waals surface area contributed by atoms with Crippen molar-refractivity contribution >= 4 is 51.5 Å². The highest BCUT2D eigenvalue weighted by atomic mass is 127. The molecule has 0 bridgehead atoms. The topological polar surface area (TPSA) is 83.7 Å². The Kier molecular flexibility index (Phi) is 6.65. The molecule has 1 amide bonds. The van der Waals surface area contributed by atoms with Gasteiger partial charge in [0.15, 0.2) is 5.11 Å². The predicted octanol–water partition coefficient (Wildman–Crippen LogP) is 4.18. The van der Waals surface area contributed by atoms with Gasteiger partial charge in [-0.05, 0) is 77.3 Å². The number of furan rings is 1. The average Bonchev–Trinajstić information content (AvgIpc) is 3.16. The first-order valence-electron chi connectivity index (χ1n) is 8.26. The van der Waals surface area contributed by atoms with Gasteiger partial charge in [-0.1, -0.05) is 6.07 Å². The van der Waals surface area contributed by atoms with Crippen LogP contribution in [0.4, 0.5) is 5.69 Å². The third kappa shape index (κ3) is 4.89. The molecule has 2 aromatic carbocycles. The first-order valence-corrected chi connectivity index (χ1v) is 9.74. The molecule has 0 aliphatic carbocycles. The quantitative estimate of drug-likeness (QED) is 0.355. The van der Waals surface area contributed by atoms with Gasteiger partial charge in [-0.3, -0.25) is 10.1 Å². The van der Waals surface area contributed by atoms with Crippen LogP contribution in [0.1, 0.15) is 16.1 Å². The number of carbonyl (C=O) groups is 1. The molecule has 3 N–H and O–H groups in total. The summed E-state index contributed by atoms with van der Waals surface area (Å²) in [7, 11) is 1.55. The molecule has 1 heterocycles. The minimum absolute atomic E-state index is 0.170. The van der Waals surface area contributed by atoms with Gasteiger partial charge in [-0.25, -0.2) is 0 Å². The van der Waals surface area contributed by atoms with Gasteiger partial charge in [0.1, 0.15) is 23.9 Å². The number of benzene rings is 2. The van der Waals surface area contributed by atoms with E-state index in [1.54, 1.807) is 43.5 Å². The Morgan fingerprint density at radius 2 is 2.04 bits per heavy atom. The second-order valence-corrected chi connectivity index (χ2v) is 7.41. The minimum atomic E-state index is -0.285. The number of hydrogen-bond donors (Lipinski definition) is 3. The summed E-state index contributed by atoms with van der Waals surface area (Å²) < 4.78 is 12.0. The van der Waals surface area contributed by atoms with E-state index < -0.39 is 0 Å². The van der Waals surface area contributed by atoms with Crippen molar-refractivity contribution in [1.29, 1.82) is 0 Å². The fourth-order valence-corrected chi connectivity index (χ4v) is 3.30. The van der Waals surface area contributed by atoms with E-state index in [2.05, 4.69) is 33.2 Å². The fourth-order valence-electron chi connectivity index (χ4n) is 2.55.